The average molecular weight is 252 g/mol. The van der Waals surface area contributed by atoms with Gasteiger partial charge in [-0.2, -0.15) is 0 Å². The van der Waals surface area contributed by atoms with E-state index in [4.69, 9.17) is 11.2 Å². The second-order valence-corrected chi connectivity index (χ2v) is 4.64. The third kappa shape index (κ3) is 7.31. The minimum atomic E-state index is -0.0112. The number of hydrogen-bond acceptors (Lipinski definition) is 3. The number of terminal acetylenes is 1. The van der Waals surface area contributed by atoms with Gasteiger partial charge in [0.1, 0.15) is 0 Å². The zero-order valence-electron chi connectivity index (χ0n) is 11.0. The van der Waals surface area contributed by atoms with Crippen molar-refractivity contribution < 1.29 is 9.53 Å². The Hall–Kier alpha value is -1.05. The molecule has 2 N–H and O–H groups in total. The molecule has 0 aliphatic heterocycles. The number of carbonyl (C=O) groups excluding carboxylic acids is 1. The highest BCUT2D eigenvalue weighted by Crippen LogP contribution is 2.20. The third-order valence-corrected chi connectivity index (χ3v) is 3.06. The van der Waals surface area contributed by atoms with Crippen LogP contribution in [0.15, 0.2) is 0 Å². The van der Waals surface area contributed by atoms with Crippen molar-refractivity contribution in [1.82, 2.24) is 10.6 Å². The Morgan fingerprint density at radius 2 is 2.11 bits per heavy atom. The Labute approximate surface area is 110 Å². The van der Waals surface area contributed by atoms with Gasteiger partial charge in [-0.1, -0.05) is 25.2 Å². The fourth-order valence-corrected chi connectivity index (χ4v) is 2.09. The Bertz CT molecular complexity index is 267. The molecule has 0 spiro atoms. The lowest BCUT2D eigenvalue weighted by Crippen LogP contribution is -2.35. The molecule has 1 rings (SSSR count). The van der Waals surface area contributed by atoms with E-state index in [1.165, 1.54) is 32.1 Å². The summed E-state index contributed by atoms with van der Waals surface area (Å²) in [6.07, 6.45) is 12.7. The Morgan fingerprint density at radius 1 is 1.33 bits per heavy atom. The number of rotatable bonds is 8. The highest BCUT2D eigenvalue weighted by atomic mass is 16.5. The van der Waals surface area contributed by atoms with Gasteiger partial charge in [-0.25, -0.2) is 0 Å². The topological polar surface area (TPSA) is 50.4 Å². The summed E-state index contributed by atoms with van der Waals surface area (Å²) in [7, 11) is 0. The molecule has 1 saturated carbocycles. The lowest BCUT2D eigenvalue weighted by Gasteiger charge is -2.21. The van der Waals surface area contributed by atoms with Gasteiger partial charge < -0.3 is 10.1 Å². The summed E-state index contributed by atoms with van der Waals surface area (Å²) in [5.74, 6) is 2.41. The predicted molar refractivity (Wildman–Crippen MR) is 72.2 cm³/mol. The fraction of sp³-hybridized carbons (Fsp3) is 0.786. The molecule has 102 valence electrons. The summed E-state index contributed by atoms with van der Waals surface area (Å²) in [5, 5.41) is 5.68. The summed E-state index contributed by atoms with van der Waals surface area (Å²) in [6.45, 7) is 2.12. The first-order valence-corrected chi connectivity index (χ1v) is 6.85. The number of hydrogen-bond donors (Lipinski definition) is 2. The maximum atomic E-state index is 11.3. The van der Waals surface area contributed by atoms with Gasteiger partial charge in [-0.15, -0.1) is 6.42 Å². The lowest BCUT2D eigenvalue weighted by atomic mass is 9.98. The summed E-state index contributed by atoms with van der Waals surface area (Å²) in [5.41, 5.74) is 0. The van der Waals surface area contributed by atoms with E-state index in [1.54, 1.807) is 0 Å². The van der Waals surface area contributed by atoms with Crippen molar-refractivity contribution in [3.05, 3.63) is 0 Å². The minimum absolute atomic E-state index is 0.0112. The number of amides is 1. The fourth-order valence-electron chi connectivity index (χ4n) is 2.09. The Balaban J connectivity index is 1.88. The lowest BCUT2D eigenvalue weighted by molar-refractivity contribution is -0.120. The SMILES string of the molecule is C#CCNCC(=O)NCCCOC1CCCCC1. The van der Waals surface area contributed by atoms with Gasteiger partial charge in [-0.05, 0) is 19.3 Å². The molecule has 4 heteroatoms. The van der Waals surface area contributed by atoms with Crippen LogP contribution in [0.3, 0.4) is 0 Å². The molecule has 0 atom stereocenters. The maximum Gasteiger partial charge on any atom is 0.233 e. The van der Waals surface area contributed by atoms with Crippen LogP contribution >= 0.6 is 0 Å². The molecule has 1 amide bonds. The largest absolute Gasteiger partial charge is 0.378 e. The molecule has 0 radical (unpaired) electrons. The maximum absolute atomic E-state index is 11.3. The molecule has 0 heterocycles. The molecule has 4 nitrogen and oxygen atoms in total. The molecule has 0 saturated heterocycles. The van der Waals surface area contributed by atoms with E-state index in [0.717, 1.165) is 13.0 Å². The first-order chi connectivity index (χ1) is 8.83. The minimum Gasteiger partial charge on any atom is -0.378 e. The van der Waals surface area contributed by atoms with Gasteiger partial charge in [0, 0.05) is 13.2 Å². The van der Waals surface area contributed by atoms with E-state index in [1.807, 2.05) is 0 Å². The van der Waals surface area contributed by atoms with Crippen molar-refractivity contribution in [2.75, 3.05) is 26.2 Å². The first kappa shape index (κ1) is 15.0. The zero-order valence-corrected chi connectivity index (χ0v) is 11.0. The smallest absolute Gasteiger partial charge is 0.233 e. The second kappa shape index (κ2) is 9.93. The van der Waals surface area contributed by atoms with Crippen LogP contribution in [0.2, 0.25) is 0 Å². The number of ether oxygens (including phenoxy) is 1. The van der Waals surface area contributed by atoms with Gasteiger partial charge in [0.15, 0.2) is 0 Å². The standard InChI is InChI=1S/C14H24N2O2/c1-2-9-15-12-14(17)16-10-6-11-18-13-7-4-3-5-8-13/h1,13,15H,3-12H2,(H,16,17). The van der Waals surface area contributed by atoms with Crippen molar-refractivity contribution >= 4 is 5.91 Å². The van der Waals surface area contributed by atoms with Crippen LogP contribution in [0.4, 0.5) is 0 Å². The van der Waals surface area contributed by atoms with Crippen molar-refractivity contribution in [3.8, 4) is 12.3 Å². The van der Waals surface area contributed by atoms with Crippen LogP contribution in [-0.4, -0.2) is 38.3 Å². The molecule has 0 aromatic heterocycles. The van der Waals surface area contributed by atoms with E-state index in [9.17, 15) is 4.79 Å². The summed E-state index contributed by atoms with van der Waals surface area (Å²) >= 11 is 0. The monoisotopic (exact) mass is 252 g/mol. The predicted octanol–water partition coefficient (Wildman–Crippen LogP) is 1.06. The van der Waals surface area contributed by atoms with Crippen LogP contribution in [0.25, 0.3) is 0 Å². The highest BCUT2D eigenvalue weighted by molar-refractivity contribution is 5.77. The molecule has 0 unspecified atom stereocenters. The van der Waals surface area contributed by atoms with Crippen molar-refractivity contribution in [1.29, 1.82) is 0 Å². The number of nitrogens with one attached hydrogen (secondary N) is 2. The normalized spacial score (nSPS) is 16.2. The third-order valence-electron chi connectivity index (χ3n) is 3.06. The quantitative estimate of drug-likeness (QED) is 0.502. The van der Waals surface area contributed by atoms with Gasteiger partial charge in [-0.3, -0.25) is 10.1 Å². The Kier molecular flexibility index (Phi) is 8.28. The molecular weight excluding hydrogens is 228 g/mol. The molecule has 1 fully saturated rings. The van der Waals surface area contributed by atoms with E-state index in [2.05, 4.69) is 16.6 Å². The van der Waals surface area contributed by atoms with E-state index in [-0.39, 0.29) is 12.5 Å². The molecule has 1 aliphatic rings. The van der Waals surface area contributed by atoms with E-state index < -0.39 is 0 Å². The van der Waals surface area contributed by atoms with Crippen molar-refractivity contribution in [2.45, 2.75) is 44.6 Å². The molecular formula is C14H24N2O2. The van der Waals surface area contributed by atoms with Gasteiger partial charge in [0.05, 0.1) is 19.2 Å². The zero-order chi connectivity index (χ0) is 13.1. The molecule has 0 aromatic rings. The average Bonchev–Trinajstić information content (AvgIpc) is 2.40. The van der Waals surface area contributed by atoms with Crippen LogP contribution in [0.1, 0.15) is 38.5 Å². The highest BCUT2D eigenvalue weighted by Gasteiger charge is 2.12. The van der Waals surface area contributed by atoms with Gasteiger partial charge >= 0.3 is 0 Å². The van der Waals surface area contributed by atoms with Crippen LogP contribution in [-0.2, 0) is 9.53 Å². The molecule has 0 bridgehead atoms. The van der Waals surface area contributed by atoms with Gasteiger partial charge in [0.2, 0.25) is 5.91 Å². The Morgan fingerprint density at radius 3 is 2.83 bits per heavy atom. The summed E-state index contributed by atoms with van der Waals surface area (Å²) in [4.78, 5) is 11.3. The van der Waals surface area contributed by atoms with E-state index in [0.29, 0.717) is 19.2 Å². The summed E-state index contributed by atoms with van der Waals surface area (Å²) in [6, 6.07) is 0. The van der Waals surface area contributed by atoms with Crippen molar-refractivity contribution in [3.63, 3.8) is 0 Å². The van der Waals surface area contributed by atoms with Crippen LogP contribution in [0.5, 0.6) is 0 Å². The van der Waals surface area contributed by atoms with Gasteiger partial charge in [0.25, 0.3) is 0 Å². The molecule has 1 aliphatic carbocycles. The van der Waals surface area contributed by atoms with E-state index >= 15 is 0 Å². The summed E-state index contributed by atoms with van der Waals surface area (Å²) < 4.78 is 5.77. The van der Waals surface area contributed by atoms with Crippen molar-refractivity contribution in [2.24, 2.45) is 0 Å². The first-order valence-electron chi connectivity index (χ1n) is 6.85. The molecule has 18 heavy (non-hydrogen) atoms. The van der Waals surface area contributed by atoms with Crippen LogP contribution < -0.4 is 10.6 Å². The second-order valence-electron chi connectivity index (χ2n) is 4.64. The van der Waals surface area contributed by atoms with Crippen LogP contribution in [0, 0.1) is 12.3 Å². The number of carbonyl (C=O) groups is 1. The molecule has 0 aromatic carbocycles.